The van der Waals surface area contributed by atoms with Crippen molar-refractivity contribution in [2.75, 3.05) is 13.1 Å². The maximum absolute atomic E-state index is 12.5. The van der Waals surface area contributed by atoms with E-state index in [0.29, 0.717) is 19.4 Å². The number of amides is 4. The summed E-state index contributed by atoms with van der Waals surface area (Å²) in [6, 6.07) is 9.37. The first-order chi connectivity index (χ1) is 11.4. The van der Waals surface area contributed by atoms with E-state index in [1.54, 1.807) is 0 Å². The SMILES string of the molecule is CCC1(CC)NC(=O)N(CC(=O)NC[C@@H](C)c2ccccc2)C1=O. The van der Waals surface area contributed by atoms with Gasteiger partial charge in [0.2, 0.25) is 5.91 Å². The lowest BCUT2D eigenvalue weighted by molar-refractivity contribution is -0.135. The van der Waals surface area contributed by atoms with E-state index in [-0.39, 0.29) is 24.3 Å². The van der Waals surface area contributed by atoms with Crippen molar-refractivity contribution < 1.29 is 14.4 Å². The van der Waals surface area contributed by atoms with Gasteiger partial charge in [0.15, 0.2) is 0 Å². The zero-order chi connectivity index (χ0) is 17.7. The Morgan fingerprint density at radius 2 is 1.83 bits per heavy atom. The zero-order valence-corrected chi connectivity index (χ0v) is 14.5. The quantitative estimate of drug-likeness (QED) is 0.750. The van der Waals surface area contributed by atoms with Crippen LogP contribution in [0.1, 0.15) is 45.1 Å². The van der Waals surface area contributed by atoms with Crippen LogP contribution in [-0.2, 0) is 9.59 Å². The Kier molecular flexibility index (Phi) is 5.59. The third-order valence-electron chi connectivity index (χ3n) is 4.73. The van der Waals surface area contributed by atoms with Crippen LogP contribution < -0.4 is 10.6 Å². The average molecular weight is 331 g/mol. The second kappa shape index (κ2) is 7.47. The van der Waals surface area contributed by atoms with Crippen molar-refractivity contribution >= 4 is 17.8 Å². The topological polar surface area (TPSA) is 78.5 Å². The summed E-state index contributed by atoms with van der Waals surface area (Å²) in [6.45, 7) is 5.94. The van der Waals surface area contributed by atoms with Crippen molar-refractivity contribution in [3.8, 4) is 0 Å². The van der Waals surface area contributed by atoms with E-state index in [1.165, 1.54) is 0 Å². The summed E-state index contributed by atoms with van der Waals surface area (Å²) in [7, 11) is 0. The average Bonchev–Trinajstić information content (AvgIpc) is 2.85. The van der Waals surface area contributed by atoms with Gasteiger partial charge in [0.1, 0.15) is 12.1 Å². The molecule has 6 nitrogen and oxygen atoms in total. The van der Waals surface area contributed by atoms with Crippen LogP contribution in [0.15, 0.2) is 30.3 Å². The van der Waals surface area contributed by atoms with Crippen LogP contribution in [0.25, 0.3) is 0 Å². The van der Waals surface area contributed by atoms with Gasteiger partial charge in [-0.15, -0.1) is 0 Å². The van der Waals surface area contributed by atoms with E-state index in [1.807, 2.05) is 51.1 Å². The summed E-state index contributed by atoms with van der Waals surface area (Å²) in [5, 5.41) is 5.52. The van der Waals surface area contributed by atoms with Gasteiger partial charge in [0.05, 0.1) is 0 Å². The number of urea groups is 1. The Bertz CT molecular complexity index is 611. The van der Waals surface area contributed by atoms with Gasteiger partial charge in [0.25, 0.3) is 5.91 Å². The summed E-state index contributed by atoms with van der Waals surface area (Å²) in [5.41, 5.74) is 0.262. The molecule has 0 spiro atoms. The highest BCUT2D eigenvalue weighted by atomic mass is 16.2. The molecule has 1 fully saturated rings. The first kappa shape index (κ1) is 18.0. The van der Waals surface area contributed by atoms with Crippen LogP contribution in [-0.4, -0.2) is 41.4 Å². The number of carbonyl (C=O) groups is 3. The molecule has 2 N–H and O–H groups in total. The van der Waals surface area contributed by atoms with E-state index in [9.17, 15) is 14.4 Å². The number of carbonyl (C=O) groups excluding carboxylic acids is 3. The summed E-state index contributed by atoms with van der Waals surface area (Å²) < 4.78 is 0. The van der Waals surface area contributed by atoms with Crippen LogP contribution >= 0.6 is 0 Å². The third-order valence-corrected chi connectivity index (χ3v) is 4.73. The van der Waals surface area contributed by atoms with E-state index < -0.39 is 11.6 Å². The molecule has 1 aliphatic rings. The fourth-order valence-electron chi connectivity index (χ4n) is 2.91. The van der Waals surface area contributed by atoms with Gasteiger partial charge in [-0.2, -0.15) is 0 Å². The predicted octanol–water partition coefficient (Wildman–Crippen LogP) is 2.02. The standard InChI is InChI=1S/C18H25N3O3/c1-4-18(5-2)16(23)21(17(24)20-18)12-15(22)19-11-13(3)14-9-7-6-8-10-14/h6-10,13H,4-5,11-12H2,1-3H3,(H,19,22)(H,20,24)/t13-/m1/s1. The molecule has 0 bridgehead atoms. The first-order valence-electron chi connectivity index (χ1n) is 8.39. The molecule has 130 valence electrons. The molecule has 1 saturated heterocycles. The van der Waals surface area contributed by atoms with E-state index in [2.05, 4.69) is 10.6 Å². The molecular weight excluding hydrogens is 306 g/mol. The Hall–Kier alpha value is -2.37. The number of nitrogens with one attached hydrogen (secondary N) is 2. The van der Waals surface area contributed by atoms with E-state index >= 15 is 0 Å². The van der Waals surface area contributed by atoms with Crippen LogP contribution in [0.2, 0.25) is 0 Å². The van der Waals surface area contributed by atoms with Gasteiger partial charge in [-0.05, 0) is 24.3 Å². The molecule has 4 amide bonds. The zero-order valence-electron chi connectivity index (χ0n) is 14.5. The summed E-state index contributed by atoms with van der Waals surface area (Å²) in [4.78, 5) is 37.6. The second-order valence-corrected chi connectivity index (χ2v) is 6.23. The molecule has 2 rings (SSSR count). The van der Waals surface area contributed by atoms with E-state index in [0.717, 1.165) is 10.5 Å². The molecule has 0 saturated carbocycles. The van der Waals surface area contributed by atoms with Gasteiger partial charge in [-0.3, -0.25) is 14.5 Å². The van der Waals surface area contributed by atoms with Crippen molar-refractivity contribution in [2.45, 2.75) is 45.1 Å². The number of hydrogen-bond acceptors (Lipinski definition) is 3. The Morgan fingerprint density at radius 1 is 1.21 bits per heavy atom. The number of rotatable bonds is 7. The highest BCUT2D eigenvalue weighted by Crippen LogP contribution is 2.24. The molecule has 1 aromatic carbocycles. The Labute approximate surface area is 142 Å². The molecule has 1 aromatic rings. The predicted molar refractivity (Wildman–Crippen MR) is 91.4 cm³/mol. The van der Waals surface area contributed by atoms with Gasteiger partial charge in [-0.25, -0.2) is 4.79 Å². The molecule has 0 radical (unpaired) electrons. The molecule has 0 unspecified atom stereocenters. The smallest absolute Gasteiger partial charge is 0.325 e. The summed E-state index contributed by atoms with van der Waals surface area (Å²) in [6.07, 6.45) is 1.02. The fraction of sp³-hybridized carbons (Fsp3) is 0.500. The molecule has 1 atom stereocenters. The molecule has 24 heavy (non-hydrogen) atoms. The maximum Gasteiger partial charge on any atom is 0.325 e. The lowest BCUT2D eigenvalue weighted by Gasteiger charge is -2.23. The lowest BCUT2D eigenvalue weighted by Crippen LogP contribution is -2.46. The third kappa shape index (κ3) is 3.58. The van der Waals surface area contributed by atoms with Crippen molar-refractivity contribution in [1.82, 2.24) is 15.5 Å². The van der Waals surface area contributed by atoms with Gasteiger partial charge < -0.3 is 10.6 Å². The summed E-state index contributed by atoms with van der Waals surface area (Å²) >= 11 is 0. The van der Waals surface area contributed by atoms with Crippen LogP contribution in [0.3, 0.4) is 0 Å². The monoisotopic (exact) mass is 331 g/mol. The number of benzene rings is 1. The van der Waals surface area contributed by atoms with Gasteiger partial charge >= 0.3 is 6.03 Å². The number of nitrogens with zero attached hydrogens (tertiary/aromatic N) is 1. The second-order valence-electron chi connectivity index (χ2n) is 6.23. The molecule has 0 aliphatic carbocycles. The fourth-order valence-corrected chi connectivity index (χ4v) is 2.91. The van der Waals surface area contributed by atoms with Crippen molar-refractivity contribution in [2.24, 2.45) is 0 Å². The van der Waals surface area contributed by atoms with Crippen LogP contribution in [0, 0.1) is 0 Å². The minimum absolute atomic E-state index is 0.156. The molecule has 1 heterocycles. The molecule has 6 heteroatoms. The Morgan fingerprint density at radius 3 is 2.38 bits per heavy atom. The van der Waals surface area contributed by atoms with Gasteiger partial charge in [0, 0.05) is 6.54 Å². The molecule has 1 aliphatic heterocycles. The highest BCUT2D eigenvalue weighted by Gasteiger charge is 2.49. The van der Waals surface area contributed by atoms with Crippen LogP contribution in [0.5, 0.6) is 0 Å². The lowest BCUT2D eigenvalue weighted by atomic mass is 9.93. The normalized spacial score (nSPS) is 17.5. The molecule has 0 aromatic heterocycles. The Balaban J connectivity index is 1.91. The number of imide groups is 1. The van der Waals surface area contributed by atoms with Crippen molar-refractivity contribution in [1.29, 1.82) is 0 Å². The molecular formula is C18H25N3O3. The highest BCUT2D eigenvalue weighted by molar-refractivity contribution is 6.08. The minimum atomic E-state index is -0.866. The van der Waals surface area contributed by atoms with Crippen molar-refractivity contribution in [3.05, 3.63) is 35.9 Å². The maximum atomic E-state index is 12.5. The number of hydrogen-bond donors (Lipinski definition) is 2. The summed E-state index contributed by atoms with van der Waals surface area (Å²) in [5.74, 6) is -0.489. The van der Waals surface area contributed by atoms with E-state index in [4.69, 9.17) is 0 Å². The first-order valence-corrected chi connectivity index (χ1v) is 8.39. The van der Waals surface area contributed by atoms with Gasteiger partial charge in [-0.1, -0.05) is 51.1 Å². The largest absolute Gasteiger partial charge is 0.354 e. The van der Waals surface area contributed by atoms with Crippen molar-refractivity contribution in [3.63, 3.8) is 0 Å². The van der Waals surface area contributed by atoms with Crippen LogP contribution in [0.4, 0.5) is 4.79 Å². The minimum Gasteiger partial charge on any atom is -0.354 e.